The molecule has 2 rings (SSSR count). The smallest absolute Gasteiger partial charge is 0.321 e. The van der Waals surface area contributed by atoms with E-state index in [1.807, 2.05) is 11.4 Å². The summed E-state index contributed by atoms with van der Waals surface area (Å²) in [6.07, 6.45) is 0.196. The second-order valence-corrected chi connectivity index (χ2v) is 6.94. The second-order valence-electron chi connectivity index (χ2n) is 6.00. The number of nitrogens with zero attached hydrogens (tertiary/aromatic N) is 1. The summed E-state index contributed by atoms with van der Waals surface area (Å²) in [7, 11) is 0. The molecule has 2 atom stereocenters. The molecule has 0 spiro atoms. The van der Waals surface area contributed by atoms with Gasteiger partial charge in [0.2, 0.25) is 0 Å². The van der Waals surface area contributed by atoms with Gasteiger partial charge in [-0.3, -0.25) is 19.7 Å². The summed E-state index contributed by atoms with van der Waals surface area (Å²) >= 11 is 1.36. The van der Waals surface area contributed by atoms with Gasteiger partial charge in [0, 0.05) is 19.6 Å². The summed E-state index contributed by atoms with van der Waals surface area (Å²) in [6, 6.07) is 2.93. The zero-order valence-corrected chi connectivity index (χ0v) is 15.6. The Morgan fingerprint density at radius 1 is 1.38 bits per heavy atom. The van der Waals surface area contributed by atoms with E-state index in [0.29, 0.717) is 30.8 Å². The highest BCUT2D eigenvalue weighted by Crippen LogP contribution is 2.22. The number of nitrogens with one attached hydrogen (secondary N) is 2. The van der Waals surface area contributed by atoms with E-state index in [1.165, 1.54) is 18.3 Å². The van der Waals surface area contributed by atoms with Crippen molar-refractivity contribution in [3.8, 4) is 0 Å². The van der Waals surface area contributed by atoms with Gasteiger partial charge in [0.1, 0.15) is 0 Å². The fourth-order valence-electron chi connectivity index (χ4n) is 2.65. The zero-order chi connectivity index (χ0) is 19.1. The van der Waals surface area contributed by atoms with Crippen LogP contribution in [0.15, 0.2) is 17.5 Å². The topological polar surface area (TPSA) is 105 Å². The lowest BCUT2D eigenvalue weighted by Gasteiger charge is -2.31. The molecule has 2 heterocycles. The van der Waals surface area contributed by atoms with Crippen LogP contribution in [0.3, 0.4) is 0 Å². The van der Waals surface area contributed by atoms with E-state index >= 15 is 0 Å². The predicted molar refractivity (Wildman–Crippen MR) is 95.7 cm³/mol. The van der Waals surface area contributed by atoms with Crippen molar-refractivity contribution in [2.24, 2.45) is 5.92 Å². The van der Waals surface area contributed by atoms with E-state index in [-0.39, 0.29) is 12.5 Å². The largest absolute Gasteiger partial charge is 0.452 e. The first-order valence-corrected chi connectivity index (χ1v) is 9.42. The maximum absolute atomic E-state index is 12.4. The zero-order valence-electron chi connectivity index (χ0n) is 14.8. The Bertz CT molecular complexity index is 661. The van der Waals surface area contributed by atoms with Crippen molar-refractivity contribution in [1.29, 1.82) is 0 Å². The number of hydrogen-bond acceptors (Lipinski definition) is 6. The van der Waals surface area contributed by atoms with Crippen molar-refractivity contribution in [2.75, 3.05) is 19.6 Å². The average molecular weight is 381 g/mol. The van der Waals surface area contributed by atoms with Crippen molar-refractivity contribution in [3.63, 3.8) is 0 Å². The van der Waals surface area contributed by atoms with Crippen LogP contribution in [0.5, 0.6) is 0 Å². The third-order valence-electron chi connectivity index (χ3n) is 4.01. The molecule has 26 heavy (non-hydrogen) atoms. The Morgan fingerprint density at radius 2 is 2.15 bits per heavy atom. The summed E-state index contributed by atoms with van der Waals surface area (Å²) in [6.45, 7) is 4.36. The number of amides is 4. The Morgan fingerprint density at radius 3 is 2.81 bits per heavy atom. The molecule has 1 aliphatic heterocycles. The van der Waals surface area contributed by atoms with Crippen molar-refractivity contribution in [1.82, 2.24) is 15.5 Å². The molecule has 0 radical (unpaired) electrons. The minimum Gasteiger partial charge on any atom is -0.452 e. The highest BCUT2D eigenvalue weighted by molar-refractivity contribution is 7.12. The first kappa shape index (κ1) is 19.9. The van der Waals surface area contributed by atoms with E-state index < -0.39 is 29.9 Å². The minimum absolute atomic E-state index is 0.0977. The van der Waals surface area contributed by atoms with Crippen LogP contribution in [0.25, 0.3) is 0 Å². The van der Waals surface area contributed by atoms with E-state index in [2.05, 4.69) is 10.6 Å². The van der Waals surface area contributed by atoms with Crippen LogP contribution in [0, 0.1) is 5.92 Å². The summed E-state index contributed by atoms with van der Waals surface area (Å²) in [5.74, 6) is -1.80. The number of ether oxygens (including phenoxy) is 1. The molecular formula is C17H23N3O5S. The van der Waals surface area contributed by atoms with Gasteiger partial charge in [-0.1, -0.05) is 6.07 Å². The van der Waals surface area contributed by atoms with E-state index in [0.717, 1.165) is 0 Å². The molecule has 1 aliphatic rings. The van der Waals surface area contributed by atoms with Gasteiger partial charge >= 0.3 is 12.0 Å². The van der Waals surface area contributed by atoms with Crippen LogP contribution >= 0.6 is 11.3 Å². The van der Waals surface area contributed by atoms with Crippen LogP contribution in [-0.4, -0.2) is 54.5 Å². The molecule has 142 valence electrons. The molecule has 1 saturated heterocycles. The quantitative estimate of drug-likeness (QED) is 0.750. The predicted octanol–water partition coefficient (Wildman–Crippen LogP) is 1.38. The molecule has 0 saturated carbocycles. The number of urea groups is 1. The molecule has 4 amide bonds. The van der Waals surface area contributed by atoms with Crippen LogP contribution in [0.2, 0.25) is 0 Å². The Kier molecular flexibility index (Phi) is 7.14. The van der Waals surface area contributed by atoms with Gasteiger partial charge in [0.15, 0.2) is 6.10 Å². The second kappa shape index (κ2) is 9.33. The maximum Gasteiger partial charge on any atom is 0.321 e. The van der Waals surface area contributed by atoms with Gasteiger partial charge in [-0.2, -0.15) is 0 Å². The van der Waals surface area contributed by atoms with Crippen LogP contribution in [0.4, 0.5) is 4.79 Å². The highest BCUT2D eigenvalue weighted by Gasteiger charge is 2.32. The van der Waals surface area contributed by atoms with Crippen molar-refractivity contribution in [3.05, 3.63) is 22.4 Å². The Hall–Kier alpha value is -2.42. The number of thiophene rings is 1. The van der Waals surface area contributed by atoms with Gasteiger partial charge < -0.3 is 15.0 Å². The van der Waals surface area contributed by atoms with Crippen molar-refractivity contribution < 1.29 is 23.9 Å². The van der Waals surface area contributed by atoms with Crippen LogP contribution in [-0.2, 0) is 14.3 Å². The maximum atomic E-state index is 12.4. The fourth-order valence-corrected chi connectivity index (χ4v) is 3.34. The van der Waals surface area contributed by atoms with Gasteiger partial charge in [0.05, 0.1) is 10.8 Å². The lowest BCUT2D eigenvalue weighted by molar-refractivity contribution is -0.159. The molecule has 2 N–H and O–H groups in total. The number of hydrogen-bond donors (Lipinski definition) is 2. The number of carbonyl (C=O) groups is 4. The third-order valence-corrected chi connectivity index (χ3v) is 4.87. The number of piperidine rings is 1. The number of carbonyl (C=O) groups excluding carboxylic acids is 4. The molecule has 2 unspecified atom stereocenters. The fraction of sp³-hybridized carbons (Fsp3) is 0.529. The summed E-state index contributed by atoms with van der Waals surface area (Å²) < 4.78 is 5.18. The minimum atomic E-state index is -1.09. The SMILES string of the molecule is CCNC(=O)NC(=O)C(C)OC(=O)C1CCCN(C(=O)c2cccs2)C1. The summed E-state index contributed by atoms with van der Waals surface area (Å²) in [5, 5.41) is 6.36. The van der Waals surface area contributed by atoms with Crippen molar-refractivity contribution >= 4 is 35.2 Å². The third kappa shape index (κ3) is 5.29. The summed E-state index contributed by atoms with van der Waals surface area (Å²) in [5.41, 5.74) is 0. The number of imide groups is 1. The molecule has 0 aromatic carbocycles. The molecule has 1 fully saturated rings. The molecule has 9 heteroatoms. The first-order valence-electron chi connectivity index (χ1n) is 8.54. The van der Waals surface area contributed by atoms with Gasteiger partial charge in [-0.15, -0.1) is 11.3 Å². The Balaban J connectivity index is 1.87. The molecule has 1 aromatic rings. The lowest BCUT2D eigenvalue weighted by Crippen LogP contribution is -2.46. The molecule has 1 aromatic heterocycles. The monoisotopic (exact) mass is 381 g/mol. The first-order chi connectivity index (χ1) is 12.4. The standard InChI is InChI=1S/C17H23N3O5S/c1-3-18-17(24)19-14(21)11(2)25-16(23)12-6-4-8-20(10-12)15(22)13-7-5-9-26-13/h5,7,9,11-12H,3-4,6,8,10H2,1-2H3,(H2,18,19,21,24). The molecule has 0 aliphatic carbocycles. The Labute approximate surface area is 155 Å². The number of esters is 1. The average Bonchev–Trinajstić information content (AvgIpc) is 3.15. The van der Waals surface area contributed by atoms with Crippen molar-refractivity contribution in [2.45, 2.75) is 32.8 Å². The number of likely N-dealkylation sites (tertiary alicyclic amines) is 1. The molecule has 8 nitrogen and oxygen atoms in total. The normalized spacial score (nSPS) is 17.9. The van der Waals surface area contributed by atoms with E-state index in [4.69, 9.17) is 4.74 Å². The molecule has 0 bridgehead atoms. The van der Waals surface area contributed by atoms with Gasteiger partial charge in [-0.05, 0) is 38.1 Å². The van der Waals surface area contributed by atoms with Gasteiger partial charge in [0.25, 0.3) is 11.8 Å². The summed E-state index contributed by atoms with van der Waals surface area (Å²) in [4.78, 5) is 50.2. The van der Waals surface area contributed by atoms with Gasteiger partial charge in [-0.25, -0.2) is 4.79 Å². The molecular weight excluding hydrogens is 358 g/mol. The van der Waals surface area contributed by atoms with E-state index in [9.17, 15) is 19.2 Å². The lowest BCUT2D eigenvalue weighted by atomic mass is 9.98. The van der Waals surface area contributed by atoms with Crippen LogP contribution in [0.1, 0.15) is 36.4 Å². The van der Waals surface area contributed by atoms with E-state index in [1.54, 1.807) is 17.9 Å². The number of rotatable bonds is 5. The van der Waals surface area contributed by atoms with Crippen LogP contribution < -0.4 is 10.6 Å². The highest BCUT2D eigenvalue weighted by atomic mass is 32.1.